The lowest BCUT2D eigenvalue weighted by molar-refractivity contribution is -0.143. The zero-order chi connectivity index (χ0) is 15.9. The molecule has 4 aliphatic rings. The van der Waals surface area contributed by atoms with Gasteiger partial charge in [-0.2, -0.15) is 0 Å². The Morgan fingerprint density at radius 2 is 1.59 bits per heavy atom. The molecular weight excluding hydrogens is 278 g/mol. The van der Waals surface area contributed by atoms with Crippen molar-refractivity contribution in [2.24, 2.45) is 29.1 Å². The highest BCUT2D eigenvalue weighted by Gasteiger charge is 2.51. The van der Waals surface area contributed by atoms with Crippen LogP contribution >= 0.6 is 0 Å². The molecule has 22 heavy (non-hydrogen) atoms. The van der Waals surface area contributed by atoms with Crippen LogP contribution in [0.4, 0.5) is 0 Å². The molecular formula is C18H29NO3. The molecule has 4 nitrogen and oxygen atoms in total. The summed E-state index contributed by atoms with van der Waals surface area (Å²) >= 11 is 0. The predicted octanol–water partition coefficient (Wildman–Crippen LogP) is 3.21. The van der Waals surface area contributed by atoms with E-state index in [9.17, 15) is 14.7 Å². The molecule has 4 rings (SSSR count). The van der Waals surface area contributed by atoms with Gasteiger partial charge in [0.1, 0.15) is 6.04 Å². The van der Waals surface area contributed by atoms with Crippen molar-refractivity contribution in [2.75, 3.05) is 0 Å². The average Bonchev–Trinajstić information content (AvgIpc) is 2.34. The Kier molecular flexibility index (Phi) is 4.21. The number of carboxylic acid groups (broad SMARTS) is 1. The smallest absolute Gasteiger partial charge is 0.326 e. The van der Waals surface area contributed by atoms with Crippen molar-refractivity contribution in [3.05, 3.63) is 0 Å². The van der Waals surface area contributed by atoms with Crippen LogP contribution in [0.15, 0.2) is 0 Å². The van der Waals surface area contributed by atoms with Crippen LogP contribution in [-0.2, 0) is 9.59 Å². The minimum atomic E-state index is -0.910. The second kappa shape index (κ2) is 5.86. The molecule has 0 aromatic heterocycles. The number of nitrogens with one attached hydrogen (secondary N) is 1. The summed E-state index contributed by atoms with van der Waals surface area (Å²) in [6.07, 6.45) is 8.71. The first kappa shape index (κ1) is 15.8. The van der Waals surface area contributed by atoms with Crippen molar-refractivity contribution in [2.45, 2.75) is 71.3 Å². The molecule has 124 valence electrons. The summed E-state index contributed by atoms with van der Waals surface area (Å²) in [6, 6.07) is -0.735. The van der Waals surface area contributed by atoms with E-state index >= 15 is 0 Å². The highest BCUT2D eigenvalue weighted by molar-refractivity contribution is 5.83. The monoisotopic (exact) mass is 307 g/mol. The van der Waals surface area contributed by atoms with Crippen molar-refractivity contribution in [3.8, 4) is 0 Å². The van der Waals surface area contributed by atoms with Crippen molar-refractivity contribution in [1.82, 2.24) is 5.32 Å². The molecule has 0 spiro atoms. The summed E-state index contributed by atoms with van der Waals surface area (Å²) in [7, 11) is 0. The van der Waals surface area contributed by atoms with E-state index in [1.165, 1.54) is 38.5 Å². The van der Waals surface area contributed by atoms with E-state index in [1.54, 1.807) is 0 Å². The summed E-state index contributed by atoms with van der Waals surface area (Å²) < 4.78 is 0. The molecule has 4 saturated carbocycles. The number of rotatable bonds is 6. The van der Waals surface area contributed by atoms with Gasteiger partial charge in [0.15, 0.2) is 0 Å². The average molecular weight is 307 g/mol. The van der Waals surface area contributed by atoms with E-state index in [0.29, 0.717) is 12.8 Å². The van der Waals surface area contributed by atoms with Crippen LogP contribution in [0.5, 0.6) is 0 Å². The third-order valence-corrected chi connectivity index (χ3v) is 6.04. The number of hydrogen-bond acceptors (Lipinski definition) is 2. The SMILES string of the molecule is CC(C)C[C@H](NC(=O)CC12CC3CC(CC(C3)C1)C2)C(=O)O. The molecule has 0 aromatic rings. The minimum absolute atomic E-state index is 0.0463. The molecule has 2 N–H and O–H groups in total. The lowest BCUT2D eigenvalue weighted by Crippen LogP contribution is -2.49. The van der Waals surface area contributed by atoms with E-state index in [1.807, 2.05) is 13.8 Å². The van der Waals surface area contributed by atoms with Crippen LogP contribution in [0.3, 0.4) is 0 Å². The Balaban J connectivity index is 1.60. The van der Waals surface area contributed by atoms with Crippen molar-refractivity contribution < 1.29 is 14.7 Å². The van der Waals surface area contributed by atoms with Crippen LogP contribution < -0.4 is 5.32 Å². The Morgan fingerprint density at radius 3 is 2.00 bits per heavy atom. The standard InChI is InChI=1S/C18H29NO3/c1-11(2)3-15(17(21)22)19-16(20)10-18-7-12-4-13(8-18)6-14(5-12)9-18/h11-15H,3-10H2,1-2H3,(H,19,20)(H,21,22)/t12?,13?,14?,15-,18?/m0/s1. The molecule has 0 radical (unpaired) electrons. The van der Waals surface area contributed by atoms with Crippen LogP contribution in [0, 0.1) is 29.1 Å². The topological polar surface area (TPSA) is 66.4 Å². The van der Waals surface area contributed by atoms with E-state index in [0.717, 1.165) is 17.8 Å². The number of hydrogen-bond donors (Lipinski definition) is 2. The third kappa shape index (κ3) is 3.31. The molecule has 0 aromatic carbocycles. The Labute approximate surface area is 133 Å². The Hall–Kier alpha value is -1.06. The summed E-state index contributed by atoms with van der Waals surface area (Å²) in [5, 5.41) is 12.1. The van der Waals surface area contributed by atoms with Crippen LogP contribution in [0.2, 0.25) is 0 Å². The van der Waals surface area contributed by atoms with Crippen LogP contribution in [0.1, 0.15) is 65.2 Å². The normalized spacial score (nSPS) is 37.3. The van der Waals surface area contributed by atoms with Gasteiger partial charge in [0.05, 0.1) is 0 Å². The van der Waals surface area contributed by atoms with Gasteiger partial charge in [-0.15, -0.1) is 0 Å². The quantitative estimate of drug-likeness (QED) is 0.792. The predicted molar refractivity (Wildman–Crippen MR) is 84.2 cm³/mol. The molecule has 1 atom stereocenters. The number of carbonyl (C=O) groups excluding carboxylic acids is 1. The fraction of sp³-hybridized carbons (Fsp3) is 0.889. The molecule has 4 fully saturated rings. The van der Waals surface area contributed by atoms with Crippen molar-refractivity contribution in [3.63, 3.8) is 0 Å². The molecule has 1 amide bonds. The van der Waals surface area contributed by atoms with Gasteiger partial charge in [0.25, 0.3) is 0 Å². The lowest BCUT2D eigenvalue weighted by Gasteiger charge is -2.56. The Bertz CT molecular complexity index is 422. The van der Waals surface area contributed by atoms with Gasteiger partial charge >= 0.3 is 5.97 Å². The number of carboxylic acids is 1. The van der Waals surface area contributed by atoms with Gasteiger partial charge in [-0.05, 0) is 74.0 Å². The van der Waals surface area contributed by atoms with Crippen molar-refractivity contribution in [1.29, 1.82) is 0 Å². The van der Waals surface area contributed by atoms with E-state index in [4.69, 9.17) is 0 Å². The van der Waals surface area contributed by atoms with Gasteiger partial charge in [-0.1, -0.05) is 13.8 Å². The van der Waals surface area contributed by atoms with E-state index < -0.39 is 12.0 Å². The molecule has 0 heterocycles. The largest absolute Gasteiger partial charge is 0.480 e. The lowest BCUT2D eigenvalue weighted by atomic mass is 9.49. The van der Waals surface area contributed by atoms with Gasteiger partial charge in [0, 0.05) is 6.42 Å². The molecule has 4 aliphatic carbocycles. The highest BCUT2D eigenvalue weighted by atomic mass is 16.4. The van der Waals surface area contributed by atoms with Crippen LogP contribution in [-0.4, -0.2) is 23.0 Å². The van der Waals surface area contributed by atoms with Gasteiger partial charge in [-0.3, -0.25) is 4.79 Å². The summed E-state index contributed by atoms with van der Waals surface area (Å²) in [5.74, 6) is 1.78. The number of aliphatic carboxylic acids is 1. The van der Waals surface area contributed by atoms with E-state index in [-0.39, 0.29) is 17.2 Å². The fourth-order valence-electron chi connectivity index (χ4n) is 5.79. The molecule has 4 heteroatoms. The first-order chi connectivity index (χ1) is 10.3. The fourth-order valence-corrected chi connectivity index (χ4v) is 5.79. The number of amides is 1. The Morgan fingerprint density at radius 1 is 1.09 bits per heavy atom. The summed E-state index contributed by atoms with van der Waals surface area (Å²) in [5.41, 5.74) is 0.180. The molecule has 0 aliphatic heterocycles. The molecule has 0 unspecified atom stereocenters. The zero-order valence-corrected chi connectivity index (χ0v) is 13.8. The second-order valence-corrected chi connectivity index (χ2v) is 8.68. The van der Waals surface area contributed by atoms with E-state index in [2.05, 4.69) is 5.32 Å². The maximum Gasteiger partial charge on any atom is 0.326 e. The maximum atomic E-state index is 12.4. The van der Waals surface area contributed by atoms with Gasteiger partial charge in [0.2, 0.25) is 5.91 Å². The van der Waals surface area contributed by atoms with Crippen molar-refractivity contribution >= 4 is 11.9 Å². The highest BCUT2D eigenvalue weighted by Crippen LogP contribution is 2.61. The second-order valence-electron chi connectivity index (χ2n) is 8.68. The van der Waals surface area contributed by atoms with Crippen LogP contribution in [0.25, 0.3) is 0 Å². The first-order valence-corrected chi connectivity index (χ1v) is 8.87. The van der Waals surface area contributed by atoms with Gasteiger partial charge in [-0.25, -0.2) is 4.79 Å². The maximum absolute atomic E-state index is 12.4. The third-order valence-electron chi connectivity index (χ3n) is 6.04. The minimum Gasteiger partial charge on any atom is -0.480 e. The molecule has 4 bridgehead atoms. The first-order valence-electron chi connectivity index (χ1n) is 8.87. The zero-order valence-electron chi connectivity index (χ0n) is 13.8. The number of carbonyl (C=O) groups is 2. The van der Waals surface area contributed by atoms with Gasteiger partial charge < -0.3 is 10.4 Å². The summed E-state index contributed by atoms with van der Waals surface area (Å²) in [4.78, 5) is 23.8. The summed E-state index contributed by atoms with van der Waals surface area (Å²) in [6.45, 7) is 3.97. The molecule has 0 saturated heterocycles.